The fourth-order valence-corrected chi connectivity index (χ4v) is 3.32. The molecule has 2 aromatic carbocycles. The van der Waals surface area contributed by atoms with Crippen molar-refractivity contribution in [3.63, 3.8) is 0 Å². The first kappa shape index (κ1) is 17.7. The molecule has 0 atom stereocenters. The van der Waals surface area contributed by atoms with Gasteiger partial charge in [0.25, 0.3) is 0 Å². The van der Waals surface area contributed by atoms with Crippen molar-refractivity contribution in [3.8, 4) is 0 Å². The lowest BCUT2D eigenvalue weighted by Crippen LogP contribution is -2.46. The summed E-state index contributed by atoms with van der Waals surface area (Å²) in [6.45, 7) is 4.68. The van der Waals surface area contributed by atoms with Gasteiger partial charge in [-0.05, 0) is 17.7 Å². The molecule has 4 rings (SSSR count). The van der Waals surface area contributed by atoms with Gasteiger partial charge in [0.05, 0.1) is 16.9 Å². The maximum atomic E-state index is 6.20. The predicted molar refractivity (Wildman–Crippen MR) is 108 cm³/mol. The molecule has 0 spiro atoms. The zero-order valence-corrected chi connectivity index (χ0v) is 15.7. The number of aromatic nitrogens is 3. The molecule has 2 heterocycles. The van der Waals surface area contributed by atoms with Gasteiger partial charge in [-0.2, -0.15) is 10.1 Å². The Bertz CT molecular complexity index is 880. The normalized spacial score (nSPS) is 14.9. The molecule has 0 aliphatic carbocycles. The number of para-hydroxylation sites is 1. The number of hydrogen-bond acceptors (Lipinski definition) is 6. The number of anilines is 3. The molecule has 1 fully saturated rings. The highest BCUT2D eigenvalue weighted by Crippen LogP contribution is 2.24. The molecule has 0 amide bonds. The molecule has 1 aromatic heterocycles. The summed E-state index contributed by atoms with van der Waals surface area (Å²) in [7, 11) is 0. The van der Waals surface area contributed by atoms with Gasteiger partial charge in [0.2, 0.25) is 5.95 Å². The maximum absolute atomic E-state index is 6.20. The summed E-state index contributed by atoms with van der Waals surface area (Å²) in [5.74, 6) is 1.28. The zero-order chi connectivity index (χ0) is 18.5. The number of hydrogen-bond donors (Lipinski definition) is 1. The molecule has 0 bridgehead atoms. The van der Waals surface area contributed by atoms with Crippen LogP contribution in [0.1, 0.15) is 5.56 Å². The Balaban J connectivity index is 1.38. The number of benzene rings is 2. The SMILES string of the molecule is Clc1ccccc1Nc1cnnc(N2CCN(Cc3ccccc3)CC2)n1. The van der Waals surface area contributed by atoms with Gasteiger partial charge in [-0.15, -0.1) is 5.10 Å². The molecule has 1 saturated heterocycles. The van der Waals surface area contributed by atoms with E-state index in [0.717, 1.165) is 38.4 Å². The third-order valence-electron chi connectivity index (χ3n) is 4.59. The van der Waals surface area contributed by atoms with Crippen LogP contribution in [0, 0.1) is 0 Å². The lowest BCUT2D eigenvalue weighted by Gasteiger charge is -2.34. The summed E-state index contributed by atoms with van der Waals surface area (Å²) < 4.78 is 0. The number of rotatable bonds is 5. The van der Waals surface area contributed by atoms with E-state index in [1.807, 2.05) is 24.3 Å². The predicted octanol–water partition coefficient (Wildman–Crippen LogP) is 3.59. The van der Waals surface area contributed by atoms with Crippen LogP contribution in [0.15, 0.2) is 60.8 Å². The van der Waals surface area contributed by atoms with Crippen molar-refractivity contribution in [3.05, 3.63) is 71.4 Å². The second-order valence-electron chi connectivity index (χ2n) is 6.50. The minimum Gasteiger partial charge on any atom is -0.338 e. The fourth-order valence-electron chi connectivity index (χ4n) is 3.14. The summed E-state index contributed by atoms with van der Waals surface area (Å²) >= 11 is 6.20. The van der Waals surface area contributed by atoms with Crippen molar-refractivity contribution in [2.24, 2.45) is 0 Å². The van der Waals surface area contributed by atoms with Crippen molar-refractivity contribution in [1.82, 2.24) is 20.1 Å². The highest BCUT2D eigenvalue weighted by Gasteiger charge is 2.19. The molecule has 1 aliphatic heterocycles. The Morgan fingerprint density at radius 1 is 0.926 bits per heavy atom. The Labute approximate surface area is 163 Å². The smallest absolute Gasteiger partial charge is 0.247 e. The molecule has 0 unspecified atom stereocenters. The van der Waals surface area contributed by atoms with Crippen molar-refractivity contribution in [1.29, 1.82) is 0 Å². The Morgan fingerprint density at radius 2 is 1.67 bits per heavy atom. The first-order chi connectivity index (χ1) is 13.3. The van der Waals surface area contributed by atoms with Crippen LogP contribution in [0.4, 0.5) is 17.5 Å². The Hall–Kier alpha value is -2.70. The van der Waals surface area contributed by atoms with Gasteiger partial charge in [0.1, 0.15) is 0 Å². The number of nitrogens with zero attached hydrogens (tertiary/aromatic N) is 5. The van der Waals surface area contributed by atoms with Crippen molar-refractivity contribution >= 4 is 29.1 Å². The summed E-state index contributed by atoms with van der Waals surface area (Å²) in [5, 5.41) is 12.2. The standard InChI is InChI=1S/C20H21ClN6/c21-17-8-4-5-9-18(17)23-19-14-22-25-20(24-19)27-12-10-26(11-13-27)15-16-6-2-1-3-7-16/h1-9,14H,10-13,15H2,(H,23,24,25). The molecule has 27 heavy (non-hydrogen) atoms. The molecule has 6 nitrogen and oxygen atoms in total. The number of nitrogens with one attached hydrogen (secondary N) is 1. The van der Waals surface area contributed by atoms with E-state index >= 15 is 0 Å². The van der Waals surface area contributed by atoms with E-state index in [9.17, 15) is 0 Å². The Kier molecular flexibility index (Phi) is 5.46. The quantitative estimate of drug-likeness (QED) is 0.730. The van der Waals surface area contributed by atoms with Crippen LogP contribution >= 0.6 is 11.6 Å². The molecular weight excluding hydrogens is 360 g/mol. The molecule has 138 valence electrons. The molecule has 0 radical (unpaired) electrons. The van der Waals surface area contributed by atoms with Crippen LogP contribution < -0.4 is 10.2 Å². The van der Waals surface area contributed by atoms with E-state index in [1.165, 1.54) is 5.56 Å². The summed E-state index contributed by atoms with van der Waals surface area (Å²) in [4.78, 5) is 9.23. The second kappa shape index (κ2) is 8.33. The van der Waals surface area contributed by atoms with Crippen LogP contribution in [0.25, 0.3) is 0 Å². The third-order valence-corrected chi connectivity index (χ3v) is 4.92. The van der Waals surface area contributed by atoms with Gasteiger partial charge in [0.15, 0.2) is 5.82 Å². The van der Waals surface area contributed by atoms with Gasteiger partial charge in [-0.3, -0.25) is 4.90 Å². The summed E-state index contributed by atoms with van der Waals surface area (Å²) in [6, 6.07) is 18.1. The van der Waals surface area contributed by atoms with E-state index in [4.69, 9.17) is 11.6 Å². The first-order valence-corrected chi connectivity index (χ1v) is 9.38. The van der Waals surface area contributed by atoms with Gasteiger partial charge < -0.3 is 10.2 Å². The van der Waals surface area contributed by atoms with E-state index in [2.05, 4.69) is 60.6 Å². The summed E-state index contributed by atoms with van der Waals surface area (Å²) in [6.07, 6.45) is 1.61. The number of piperazine rings is 1. The first-order valence-electron chi connectivity index (χ1n) is 9.00. The van der Waals surface area contributed by atoms with Crippen LogP contribution in [-0.4, -0.2) is 46.3 Å². The van der Waals surface area contributed by atoms with E-state index in [0.29, 0.717) is 16.8 Å². The van der Waals surface area contributed by atoms with Gasteiger partial charge >= 0.3 is 0 Å². The lowest BCUT2D eigenvalue weighted by molar-refractivity contribution is 0.248. The van der Waals surface area contributed by atoms with Crippen molar-refractivity contribution in [2.75, 3.05) is 36.4 Å². The highest BCUT2D eigenvalue weighted by atomic mass is 35.5. The van der Waals surface area contributed by atoms with Crippen LogP contribution in [0.3, 0.4) is 0 Å². The van der Waals surface area contributed by atoms with E-state index in [-0.39, 0.29) is 0 Å². The van der Waals surface area contributed by atoms with Gasteiger partial charge in [-0.1, -0.05) is 54.1 Å². The minimum atomic E-state index is 0.639. The second-order valence-corrected chi connectivity index (χ2v) is 6.90. The molecule has 1 N–H and O–H groups in total. The maximum Gasteiger partial charge on any atom is 0.247 e. The van der Waals surface area contributed by atoms with E-state index < -0.39 is 0 Å². The van der Waals surface area contributed by atoms with Crippen molar-refractivity contribution < 1.29 is 0 Å². The van der Waals surface area contributed by atoms with Gasteiger partial charge in [-0.25, -0.2) is 0 Å². The monoisotopic (exact) mass is 380 g/mol. The number of halogens is 1. The van der Waals surface area contributed by atoms with Crippen LogP contribution in [0.2, 0.25) is 5.02 Å². The molecular formula is C20H21ClN6. The molecule has 3 aromatic rings. The molecule has 1 aliphatic rings. The third kappa shape index (κ3) is 4.53. The highest BCUT2D eigenvalue weighted by molar-refractivity contribution is 6.33. The molecule has 7 heteroatoms. The zero-order valence-electron chi connectivity index (χ0n) is 14.9. The van der Waals surface area contributed by atoms with Crippen LogP contribution in [-0.2, 0) is 6.54 Å². The Morgan fingerprint density at radius 3 is 2.44 bits per heavy atom. The minimum absolute atomic E-state index is 0.639. The topological polar surface area (TPSA) is 57.2 Å². The summed E-state index contributed by atoms with van der Waals surface area (Å²) in [5.41, 5.74) is 2.15. The van der Waals surface area contributed by atoms with Crippen LogP contribution in [0.5, 0.6) is 0 Å². The lowest BCUT2D eigenvalue weighted by atomic mass is 10.2. The van der Waals surface area contributed by atoms with Crippen molar-refractivity contribution in [2.45, 2.75) is 6.54 Å². The largest absolute Gasteiger partial charge is 0.338 e. The fraction of sp³-hybridized carbons (Fsp3) is 0.250. The van der Waals surface area contributed by atoms with Gasteiger partial charge in [0, 0.05) is 32.7 Å². The van der Waals surface area contributed by atoms with E-state index in [1.54, 1.807) is 6.20 Å². The average molecular weight is 381 g/mol. The molecule has 0 saturated carbocycles. The average Bonchev–Trinajstić information content (AvgIpc) is 2.71.